The van der Waals surface area contributed by atoms with Gasteiger partial charge in [0.15, 0.2) is 4.77 Å². The molecule has 0 aliphatic carbocycles. The van der Waals surface area contributed by atoms with Crippen molar-refractivity contribution in [3.63, 3.8) is 0 Å². The molecule has 1 N–H and O–H groups in total. The van der Waals surface area contributed by atoms with E-state index in [-0.39, 0.29) is 24.1 Å². The van der Waals surface area contributed by atoms with Crippen LogP contribution in [0.15, 0.2) is 30.5 Å². The van der Waals surface area contributed by atoms with Crippen molar-refractivity contribution in [2.75, 3.05) is 13.1 Å². The summed E-state index contributed by atoms with van der Waals surface area (Å²) >= 11 is 5.29. The molecule has 29 heavy (non-hydrogen) atoms. The second kappa shape index (κ2) is 7.78. The first-order valence-corrected chi connectivity index (χ1v) is 10.0. The number of nitrogens with one attached hydrogen (secondary N) is 1. The minimum atomic E-state index is -0.415. The SMILES string of the molecule is CCn1c(C2CCCN(C(=O)Cn3ccc4cc([N+](=O)[O-])ccc43)C2)n[nH]c1=S. The van der Waals surface area contributed by atoms with Gasteiger partial charge >= 0.3 is 0 Å². The molecular formula is C19H22N6O3S. The number of fused-ring (bicyclic) bond motifs is 1. The van der Waals surface area contributed by atoms with Gasteiger partial charge in [0.05, 0.1) is 4.92 Å². The van der Waals surface area contributed by atoms with Crippen LogP contribution in [0.5, 0.6) is 0 Å². The van der Waals surface area contributed by atoms with Crippen molar-refractivity contribution >= 4 is 34.7 Å². The van der Waals surface area contributed by atoms with Gasteiger partial charge in [-0.05, 0) is 44.1 Å². The van der Waals surface area contributed by atoms with Crippen LogP contribution in [0.1, 0.15) is 31.5 Å². The number of nitrogens with zero attached hydrogens (tertiary/aromatic N) is 5. The number of aromatic nitrogens is 4. The van der Waals surface area contributed by atoms with Crippen LogP contribution in [0, 0.1) is 14.9 Å². The van der Waals surface area contributed by atoms with Crippen molar-refractivity contribution in [2.45, 2.75) is 38.8 Å². The zero-order chi connectivity index (χ0) is 20.5. The summed E-state index contributed by atoms with van der Waals surface area (Å²) in [5.74, 6) is 1.10. The Morgan fingerprint density at radius 3 is 3.00 bits per heavy atom. The highest BCUT2D eigenvalue weighted by molar-refractivity contribution is 7.71. The zero-order valence-corrected chi connectivity index (χ0v) is 16.9. The van der Waals surface area contributed by atoms with Crippen molar-refractivity contribution in [2.24, 2.45) is 0 Å². The van der Waals surface area contributed by atoms with Crippen LogP contribution in [0.25, 0.3) is 10.9 Å². The first-order valence-electron chi connectivity index (χ1n) is 9.64. The molecule has 1 amide bonds. The normalized spacial score (nSPS) is 17.0. The summed E-state index contributed by atoms with van der Waals surface area (Å²) in [7, 11) is 0. The van der Waals surface area contributed by atoms with Gasteiger partial charge in [0.25, 0.3) is 5.69 Å². The predicted octanol–water partition coefficient (Wildman–Crippen LogP) is 3.23. The minimum Gasteiger partial charge on any atom is -0.340 e. The number of hydrogen-bond donors (Lipinski definition) is 1. The third-order valence-corrected chi connectivity index (χ3v) is 5.83. The Kier molecular flexibility index (Phi) is 5.18. The average Bonchev–Trinajstić information content (AvgIpc) is 3.30. The summed E-state index contributed by atoms with van der Waals surface area (Å²) in [6.45, 7) is 4.31. The van der Waals surface area contributed by atoms with Gasteiger partial charge < -0.3 is 14.0 Å². The monoisotopic (exact) mass is 414 g/mol. The molecule has 0 spiro atoms. The summed E-state index contributed by atoms with van der Waals surface area (Å²) in [6, 6.07) is 6.49. The Bertz CT molecular complexity index is 1130. The zero-order valence-electron chi connectivity index (χ0n) is 16.1. The van der Waals surface area contributed by atoms with E-state index >= 15 is 0 Å². The van der Waals surface area contributed by atoms with E-state index in [1.54, 1.807) is 18.3 Å². The maximum atomic E-state index is 13.0. The van der Waals surface area contributed by atoms with E-state index in [4.69, 9.17) is 12.2 Å². The third kappa shape index (κ3) is 3.67. The molecular weight excluding hydrogens is 392 g/mol. The number of carbonyl (C=O) groups is 1. The molecule has 1 aliphatic heterocycles. The Morgan fingerprint density at radius 2 is 2.24 bits per heavy atom. The molecule has 3 aromatic rings. The number of piperidine rings is 1. The van der Waals surface area contributed by atoms with Crippen molar-refractivity contribution in [3.8, 4) is 0 Å². The number of nitro groups is 1. The van der Waals surface area contributed by atoms with Gasteiger partial charge in [0.2, 0.25) is 5.91 Å². The maximum absolute atomic E-state index is 13.0. The molecule has 1 aliphatic rings. The maximum Gasteiger partial charge on any atom is 0.270 e. The second-order valence-corrected chi connectivity index (χ2v) is 7.64. The number of nitro benzene ring substituents is 1. The largest absolute Gasteiger partial charge is 0.340 e. The molecule has 2 aromatic heterocycles. The van der Waals surface area contributed by atoms with E-state index in [1.165, 1.54) is 12.1 Å². The lowest BCUT2D eigenvalue weighted by Crippen LogP contribution is -2.41. The van der Waals surface area contributed by atoms with Gasteiger partial charge in [-0.3, -0.25) is 20.0 Å². The van der Waals surface area contributed by atoms with E-state index < -0.39 is 4.92 Å². The molecule has 1 saturated heterocycles. The highest BCUT2D eigenvalue weighted by Crippen LogP contribution is 2.27. The highest BCUT2D eigenvalue weighted by Gasteiger charge is 2.28. The molecule has 9 nitrogen and oxygen atoms in total. The van der Waals surface area contributed by atoms with Crippen LogP contribution in [-0.4, -0.2) is 48.2 Å². The van der Waals surface area contributed by atoms with E-state index in [9.17, 15) is 14.9 Å². The lowest BCUT2D eigenvalue weighted by molar-refractivity contribution is -0.384. The first kappa shape index (κ1) is 19.3. The van der Waals surface area contributed by atoms with Gasteiger partial charge in [-0.25, -0.2) is 0 Å². The number of aromatic amines is 1. The molecule has 0 saturated carbocycles. The number of carbonyl (C=O) groups excluding carboxylic acids is 1. The Labute approximate surface area is 172 Å². The number of rotatable bonds is 5. The smallest absolute Gasteiger partial charge is 0.270 e. The molecule has 0 bridgehead atoms. The van der Waals surface area contributed by atoms with Crippen molar-refractivity contribution in [3.05, 3.63) is 51.2 Å². The van der Waals surface area contributed by atoms with Crippen LogP contribution in [-0.2, 0) is 17.9 Å². The topological polar surface area (TPSA) is 102 Å². The van der Waals surface area contributed by atoms with Gasteiger partial charge in [-0.2, -0.15) is 5.10 Å². The molecule has 1 aromatic carbocycles. The molecule has 4 rings (SSSR count). The fraction of sp³-hybridized carbons (Fsp3) is 0.421. The van der Waals surface area contributed by atoms with Crippen LogP contribution < -0.4 is 0 Å². The van der Waals surface area contributed by atoms with E-state index in [1.807, 2.05) is 21.0 Å². The molecule has 1 unspecified atom stereocenters. The number of non-ortho nitro benzene ring substituents is 1. The Morgan fingerprint density at radius 1 is 1.41 bits per heavy atom. The summed E-state index contributed by atoms with van der Waals surface area (Å²) in [5, 5.41) is 19.0. The van der Waals surface area contributed by atoms with Gasteiger partial charge in [0.1, 0.15) is 12.4 Å². The Balaban J connectivity index is 1.50. The predicted molar refractivity (Wildman–Crippen MR) is 110 cm³/mol. The van der Waals surface area contributed by atoms with Gasteiger partial charge in [-0.15, -0.1) is 0 Å². The number of likely N-dealkylation sites (tertiary alicyclic amines) is 1. The van der Waals surface area contributed by atoms with Crippen LogP contribution in [0.4, 0.5) is 5.69 Å². The van der Waals surface area contributed by atoms with Gasteiger partial charge in [-0.1, -0.05) is 0 Å². The molecule has 1 fully saturated rings. The van der Waals surface area contributed by atoms with Crippen LogP contribution in [0.3, 0.4) is 0 Å². The van der Waals surface area contributed by atoms with Crippen LogP contribution in [0.2, 0.25) is 0 Å². The Hall–Kier alpha value is -3.01. The molecule has 10 heteroatoms. The van der Waals surface area contributed by atoms with Crippen LogP contribution >= 0.6 is 12.2 Å². The van der Waals surface area contributed by atoms with Crippen molar-refractivity contribution in [1.82, 2.24) is 24.2 Å². The first-order chi connectivity index (χ1) is 14.0. The summed E-state index contributed by atoms with van der Waals surface area (Å²) in [5.41, 5.74) is 0.856. The average molecular weight is 414 g/mol. The van der Waals surface area contributed by atoms with Crippen molar-refractivity contribution < 1.29 is 9.72 Å². The standard InChI is InChI=1S/C19H22N6O3S/c1-2-24-18(20-21-19(24)29)14-4-3-8-23(11-14)17(26)12-22-9-7-13-10-15(25(27)28)5-6-16(13)22/h5-7,9-10,14H,2-4,8,11-12H2,1H3,(H,21,29). The summed E-state index contributed by atoms with van der Waals surface area (Å²) < 4.78 is 4.44. The third-order valence-electron chi connectivity index (χ3n) is 5.51. The van der Waals surface area contributed by atoms with E-state index in [2.05, 4.69) is 10.2 Å². The highest BCUT2D eigenvalue weighted by atomic mass is 32.1. The molecule has 3 heterocycles. The molecule has 1 atom stereocenters. The molecule has 152 valence electrons. The van der Waals surface area contributed by atoms with Crippen molar-refractivity contribution in [1.29, 1.82) is 0 Å². The summed E-state index contributed by atoms with van der Waals surface area (Å²) in [4.78, 5) is 25.4. The summed E-state index contributed by atoms with van der Waals surface area (Å²) in [6.07, 6.45) is 3.69. The lowest BCUT2D eigenvalue weighted by Gasteiger charge is -2.32. The quantitative estimate of drug-likeness (QED) is 0.392. The van der Waals surface area contributed by atoms with Gasteiger partial charge in [0, 0.05) is 54.8 Å². The second-order valence-electron chi connectivity index (χ2n) is 7.25. The number of benzene rings is 1. The van der Waals surface area contributed by atoms with E-state index in [0.29, 0.717) is 11.3 Å². The fourth-order valence-electron chi connectivity index (χ4n) is 4.05. The molecule has 0 radical (unpaired) electrons. The fourth-order valence-corrected chi connectivity index (χ4v) is 4.31. The number of H-pyrrole nitrogens is 1. The lowest BCUT2D eigenvalue weighted by atomic mass is 9.97. The minimum absolute atomic E-state index is 0.0303. The number of hydrogen-bond acceptors (Lipinski definition) is 5. The van der Waals surface area contributed by atoms with E-state index in [0.717, 1.165) is 42.7 Å². The number of amides is 1.